The number of aromatic nitrogens is 1. The van der Waals surface area contributed by atoms with E-state index in [0.29, 0.717) is 34.9 Å². The molecule has 0 spiro atoms. The van der Waals surface area contributed by atoms with Crippen molar-refractivity contribution < 1.29 is 19.1 Å². The highest BCUT2D eigenvalue weighted by Crippen LogP contribution is 2.34. The number of fused-ring (bicyclic) bond motifs is 1. The van der Waals surface area contributed by atoms with E-state index in [9.17, 15) is 9.90 Å². The van der Waals surface area contributed by atoms with E-state index in [1.165, 1.54) is 13.4 Å². The van der Waals surface area contributed by atoms with Crippen LogP contribution in [0.2, 0.25) is 0 Å². The number of carbonyl (C=O) groups is 1. The van der Waals surface area contributed by atoms with Crippen LogP contribution >= 0.6 is 0 Å². The van der Waals surface area contributed by atoms with Crippen LogP contribution in [0.4, 0.5) is 5.69 Å². The summed E-state index contributed by atoms with van der Waals surface area (Å²) in [4.78, 5) is 16.4. The van der Waals surface area contributed by atoms with Gasteiger partial charge >= 0.3 is 0 Å². The quantitative estimate of drug-likeness (QED) is 0.905. The molecule has 3 rings (SSSR count). The number of furan rings is 1. The topological polar surface area (TPSA) is 84.6 Å². The summed E-state index contributed by atoms with van der Waals surface area (Å²) in [5, 5.41) is 12.8. The van der Waals surface area contributed by atoms with Gasteiger partial charge in [-0.1, -0.05) is 0 Å². The van der Waals surface area contributed by atoms with E-state index in [0.717, 1.165) is 12.8 Å². The van der Waals surface area contributed by atoms with Crippen molar-refractivity contribution in [1.82, 2.24) is 4.98 Å². The number of hydrogen-bond acceptors (Lipinski definition) is 5. The van der Waals surface area contributed by atoms with Crippen molar-refractivity contribution >= 4 is 11.6 Å². The summed E-state index contributed by atoms with van der Waals surface area (Å²) >= 11 is 0. The summed E-state index contributed by atoms with van der Waals surface area (Å²) in [5.41, 5.74) is 1.44. The Balaban J connectivity index is 1.88. The molecule has 0 bridgehead atoms. The summed E-state index contributed by atoms with van der Waals surface area (Å²) < 4.78 is 10.5. The minimum absolute atomic E-state index is 0.337. The van der Waals surface area contributed by atoms with E-state index in [4.69, 9.17) is 9.15 Å². The molecule has 2 aromatic heterocycles. The summed E-state index contributed by atoms with van der Waals surface area (Å²) in [7, 11) is 1.49. The SMILES string of the molecule is COc1ncccc1NC(=O)c1coc2c1C(O)CCC2. The molecule has 0 aliphatic heterocycles. The summed E-state index contributed by atoms with van der Waals surface area (Å²) in [5.74, 6) is 0.688. The van der Waals surface area contributed by atoms with Gasteiger partial charge in [-0.15, -0.1) is 0 Å². The number of pyridine rings is 1. The lowest BCUT2D eigenvalue weighted by atomic mass is 9.92. The van der Waals surface area contributed by atoms with Crippen LogP contribution in [0, 0.1) is 0 Å². The second-order valence-corrected chi connectivity index (χ2v) is 4.91. The molecule has 6 heteroatoms. The van der Waals surface area contributed by atoms with Crippen molar-refractivity contribution in [2.45, 2.75) is 25.4 Å². The molecular weight excluding hydrogens is 272 g/mol. The van der Waals surface area contributed by atoms with Gasteiger partial charge in [-0.05, 0) is 25.0 Å². The number of nitrogens with one attached hydrogen (secondary N) is 1. The Hall–Kier alpha value is -2.34. The Morgan fingerprint density at radius 1 is 1.57 bits per heavy atom. The van der Waals surface area contributed by atoms with E-state index in [1.807, 2.05) is 0 Å². The highest BCUT2D eigenvalue weighted by atomic mass is 16.5. The summed E-state index contributed by atoms with van der Waals surface area (Å²) in [6.07, 6.45) is 4.58. The molecule has 2 N–H and O–H groups in total. The summed E-state index contributed by atoms with van der Waals surface area (Å²) in [6, 6.07) is 3.41. The first-order chi connectivity index (χ1) is 10.2. The van der Waals surface area contributed by atoms with Gasteiger partial charge < -0.3 is 19.6 Å². The van der Waals surface area contributed by atoms with Gasteiger partial charge in [-0.2, -0.15) is 0 Å². The monoisotopic (exact) mass is 288 g/mol. The molecule has 0 saturated carbocycles. The first-order valence-electron chi connectivity index (χ1n) is 6.79. The molecule has 0 fully saturated rings. The third-order valence-corrected chi connectivity index (χ3v) is 3.58. The van der Waals surface area contributed by atoms with Crippen molar-refractivity contribution in [1.29, 1.82) is 0 Å². The lowest BCUT2D eigenvalue weighted by Gasteiger charge is -2.17. The first-order valence-corrected chi connectivity index (χ1v) is 6.79. The van der Waals surface area contributed by atoms with Gasteiger partial charge in [0.05, 0.1) is 18.8 Å². The van der Waals surface area contributed by atoms with Crippen LogP contribution in [-0.4, -0.2) is 23.1 Å². The summed E-state index contributed by atoms with van der Waals surface area (Å²) in [6.45, 7) is 0. The number of nitrogens with zero attached hydrogens (tertiary/aromatic N) is 1. The number of methoxy groups -OCH3 is 1. The van der Waals surface area contributed by atoms with Gasteiger partial charge in [0.1, 0.15) is 17.7 Å². The molecule has 1 amide bonds. The zero-order chi connectivity index (χ0) is 14.8. The molecule has 21 heavy (non-hydrogen) atoms. The zero-order valence-corrected chi connectivity index (χ0v) is 11.6. The number of carbonyl (C=O) groups excluding carboxylic acids is 1. The molecule has 2 heterocycles. The number of rotatable bonds is 3. The average Bonchev–Trinajstić information content (AvgIpc) is 2.93. The number of hydrogen-bond donors (Lipinski definition) is 2. The van der Waals surface area contributed by atoms with Crippen molar-refractivity contribution in [2.24, 2.45) is 0 Å². The van der Waals surface area contributed by atoms with Gasteiger partial charge in [-0.25, -0.2) is 4.98 Å². The lowest BCUT2D eigenvalue weighted by Crippen LogP contribution is -2.17. The molecule has 1 atom stereocenters. The van der Waals surface area contributed by atoms with Gasteiger partial charge in [-0.3, -0.25) is 4.79 Å². The maximum absolute atomic E-state index is 12.4. The fourth-order valence-electron chi connectivity index (χ4n) is 2.58. The molecule has 0 radical (unpaired) electrons. The highest BCUT2D eigenvalue weighted by molar-refractivity contribution is 6.06. The van der Waals surface area contributed by atoms with Crippen LogP contribution in [0.15, 0.2) is 29.0 Å². The number of ether oxygens (including phenoxy) is 1. The van der Waals surface area contributed by atoms with Gasteiger partial charge in [0.25, 0.3) is 5.91 Å². The molecule has 1 aliphatic carbocycles. The normalized spacial score (nSPS) is 17.1. The number of aryl methyl sites for hydroxylation is 1. The van der Waals surface area contributed by atoms with Gasteiger partial charge in [0.15, 0.2) is 0 Å². The van der Waals surface area contributed by atoms with Crippen molar-refractivity contribution in [3.63, 3.8) is 0 Å². The lowest BCUT2D eigenvalue weighted by molar-refractivity contribution is 0.101. The molecule has 6 nitrogen and oxygen atoms in total. The van der Waals surface area contributed by atoms with E-state index < -0.39 is 6.10 Å². The maximum atomic E-state index is 12.4. The zero-order valence-electron chi connectivity index (χ0n) is 11.6. The first kappa shape index (κ1) is 13.6. The molecule has 2 aromatic rings. The van der Waals surface area contributed by atoms with Crippen molar-refractivity contribution in [3.05, 3.63) is 41.5 Å². The Labute approximate surface area is 121 Å². The Morgan fingerprint density at radius 2 is 2.43 bits per heavy atom. The van der Waals surface area contributed by atoms with E-state index in [1.54, 1.807) is 18.3 Å². The van der Waals surface area contributed by atoms with E-state index in [-0.39, 0.29) is 5.91 Å². The fourth-order valence-corrected chi connectivity index (χ4v) is 2.58. The second kappa shape index (κ2) is 5.57. The minimum Gasteiger partial charge on any atom is -0.480 e. The van der Waals surface area contributed by atoms with Crippen LogP contribution in [0.25, 0.3) is 0 Å². The van der Waals surface area contributed by atoms with Crippen LogP contribution in [-0.2, 0) is 6.42 Å². The predicted molar refractivity (Wildman–Crippen MR) is 75.3 cm³/mol. The van der Waals surface area contributed by atoms with E-state index in [2.05, 4.69) is 10.3 Å². The highest BCUT2D eigenvalue weighted by Gasteiger charge is 2.28. The largest absolute Gasteiger partial charge is 0.480 e. The predicted octanol–water partition coefficient (Wildman–Crippen LogP) is 2.31. The van der Waals surface area contributed by atoms with Crippen LogP contribution in [0.3, 0.4) is 0 Å². The molecule has 110 valence electrons. The van der Waals surface area contributed by atoms with Crippen molar-refractivity contribution in [2.75, 3.05) is 12.4 Å². The smallest absolute Gasteiger partial charge is 0.259 e. The third kappa shape index (κ3) is 2.50. The van der Waals surface area contributed by atoms with Crippen LogP contribution < -0.4 is 10.1 Å². The number of aliphatic hydroxyl groups is 1. The molecular formula is C15H16N2O4. The molecule has 0 aromatic carbocycles. The Kier molecular flexibility index (Phi) is 3.62. The second-order valence-electron chi connectivity index (χ2n) is 4.91. The number of aliphatic hydroxyl groups excluding tert-OH is 1. The number of anilines is 1. The maximum Gasteiger partial charge on any atom is 0.259 e. The minimum atomic E-state index is -0.649. The molecule has 1 unspecified atom stereocenters. The van der Waals surface area contributed by atoms with E-state index >= 15 is 0 Å². The van der Waals surface area contributed by atoms with Gasteiger partial charge in [0, 0.05) is 18.2 Å². The van der Waals surface area contributed by atoms with Crippen LogP contribution in [0.1, 0.15) is 40.6 Å². The Morgan fingerprint density at radius 3 is 3.24 bits per heavy atom. The molecule has 0 saturated heterocycles. The number of amides is 1. The van der Waals surface area contributed by atoms with Crippen LogP contribution in [0.5, 0.6) is 5.88 Å². The van der Waals surface area contributed by atoms with Gasteiger partial charge in [0.2, 0.25) is 5.88 Å². The van der Waals surface area contributed by atoms with Crippen molar-refractivity contribution in [3.8, 4) is 5.88 Å². The molecule has 1 aliphatic rings. The fraction of sp³-hybridized carbons (Fsp3) is 0.333. The standard InChI is InChI=1S/C15H16N2O4/c1-20-15-10(4-3-7-16-15)17-14(19)9-8-21-12-6-2-5-11(18)13(9)12/h3-4,7-8,11,18H,2,5-6H2,1H3,(H,17,19). The third-order valence-electron chi connectivity index (χ3n) is 3.58. The Bertz CT molecular complexity index is 665. The average molecular weight is 288 g/mol.